The van der Waals surface area contributed by atoms with Gasteiger partial charge >= 0.3 is 0 Å². The van der Waals surface area contributed by atoms with Crippen molar-refractivity contribution in [3.8, 4) is 0 Å². The predicted molar refractivity (Wildman–Crippen MR) is 86.3 cm³/mol. The second-order valence-corrected chi connectivity index (χ2v) is 5.87. The van der Waals surface area contributed by atoms with Gasteiger partial charge in [-0.1, -0.05) is 18.2 Å². The zero-order valence-corrected chi connectivity index (χ0v) is 13.4. The highest BCUT2D eigenvalue weighted by molar-refractivity contribution is 5.89. The number of hydrogen-bond donors (Lipinski definition) is 1. The molecule has 4 rings (SSSR count). The molecule has 0 radical (unpaired) electrons. The fourth-order valence-electron chi connectivity index (χ4n) is 3.10. The highest BCUT2D eigenvalue weighted by Gasteiger charge is 2.32. The number of H-pyrrole nitrogens is 1. The van der Waals surface area contributed by atoms with Gasteiger partial charge in [-0.25, -0.2) is 0 Å². The van der Waals surface area contributed by atoms with Crippen LogP contribution in [0.1, 0.15) is 23.4 Å². The van der Waals surface area contributed by atoms with Crippen molar-refractivity contribution in [2.24, 2.45) is 0 Å². The smallest absolute Gasteiger partial charge is 0.241 e. The molecule has 1 aliphatic rings. The van der Waals surface area contributed by atoms with E-state index in [4.69, 9.17) is 9.15 Å². The summed E-state index contributed by atoms with van der Waals surface area (Å²) in [5, 5.41) is 8.98. The molecule has 0 saturated carbocycles. The number of para-hydroxylation sites is 1. The summed E-state index contributed by atoms with van der Waals surface area (Å²) >= 11 is 0. The number of fused-ring (bicyclic) bond motifs is 1. The van der Waals surface area contributed by atoms with Crippen LogP contribution in [0, 0.1) is 6.92 Å². The Bertz CT molecular complexity index is 869. The van der Waals surface area contributed by atoms with E-state index in [-0.39, 0.29) is 11.9 Å². The van der Waals surface area contributed by atoms with Crippen molar-refractivity contribution < 1.29 is 13.9 Å². The van der Waals surface area contributed by atoms with Crippen molar-refractivity contribution in [3.05, 3.63) is 47.8 Å². The third-order valence-corrected chi connectivity index (χ3v) is 4.29. The highest BCUT2D eigenvalue weighted by Crippen LogP contribution is 2.25. The normalized spacial score (nSPS) is 18.2. The standard InChI is InChI=1S/C17H18N4O3/c1-11-19-20-17(24-11)15-10-23-7-6-21(15)16(22)8-12-9-18-14-5-3-2-4-13(12)14/h2-5,9,15,18H,6-8,10H2,1H3. The lowest BCUT2D eigenvalue weighted by molar-refractivity contribution is -0.140. The Hall–Kier alpha value is -2.67. The summed E-state index contributed by atoms with van der Waals surface area (Å²) in [5.74, 6) is 0.947. The molecule has 1 saturated heterocycles. The largest absolute Gasteiger partial charge is 0.423 e. The first kappa shape index (κ1) is 14.9. The monoisotopic (exact) mass is 326 g/mol. The number of aromatic nitrogens is 3. The van der Waals surface area contributed by atoms with Crippen LogP contribution in [0.5, 0.6) is 0 Å². The summed E-state index contributed by atoms with van der Waals surface area (Å²) in [6, 6.07) is 7.65. The molecule has 1 aromatic carbocycles. The lowest BCUT2D eigenvalue weighted by Gasteiger charge is -2.33. The molecule has 0 aliphatic carbocycles. The van der Waals surface area contributed by atoms with E-state index in [0.717, 1.165) is 16.5 Å². The van der Waals surface area contributed by atoms with Gasteiger partial charge in [-0.15, -0.1) is 10.2 Å². The van der Waals surface area contributed by atoms with Crippen LogP contribution < -0.4 is 0 Å². The summed E-state index contributed by atoms with van der Waals surface area (Å²) in [6.45, 7) is 3.15. The molecule has 3 aromatic rings. The van der Waals surface area contributed by atoms with E-state index in [1.165, 1.54) is 0 Å². The van der Waals surface area contributed by atoms with Crippen molar-refractivity contribution in [2.75, 3.05) is 19.8 Å². The Morgan fingerprint density at radius 2 is 2.25 bits per heavy atom. The number of rotatable bonds is 3. The zero-order chi connectivity index (χ0) is 16.5. The van der Waals surface area contributed by atoms with E-state index in [1.807, 2.05) is 30.5 Å². The van der Waals surface area contributed by atoms with Gasteiger partial charge in [-0.05, 0) is 11.6 Å². The molecule has 1 N–H and O–H groups in total. The Balaban J connectivity index is 1.57. The average Bonchev–Trinajstić information content (AvgIpc) is 3.22. The molecular weight excluding hydrogens is 308 g/mol. The molecule has 7 nitrogen and oxygen atoms in total. The first-order chi connectivity index (χ1) is 11.7. The van der Waals surface area contributed by atoms with Crippen LogP contribution in [0.3, 0.4) is 0 Å². The number of morpholine rings is 1. The van der Waals surface area contributed by atoms with E-state index in [0.29, 0.717) is 38.0 Å². The fraction of sp³-hybridized carbons (Fsp3) is 0.353. The third kappa shape index (κ3) is 2.67. The number of benzene rings is 1. The van der Waals surface area contributed by atoms with Crippen molar-refractivity contribution in [3.63, 3.8) is 0 Å². The molecule has 24 heavy (non-hydrogen) atoms. The molecular formula is C17H18N4O3. The van der Waals surface area contributed by atoms with Crippen LogP contribution in [0.25, 0.3) is 10.9 Å². The summed E-state index contributed by atoms with van der Waals surface area (Å²) in [5.41, 5.74) is 2.02. The molecule has 3 heterocycles. The van der Waals surface area contributed by atoms with E-state index in [9.17, 15) is 4.79 Å². The van der Waals surface area contributed by atoms with E-state index < -0.39 is 0 Å². The highest BCUT2D eigenvalue weighted by atomic mass is 16.5. The summed E-state index contributed by atoms with van der Waals surface area (Å²) in [6.07, 6.45) is 2.22. The molecule has 0 spiro atoms. The second-order valence-electron chi connectivity index (χ2n) is 5.87. The predicted octanol–water partition coefficient (Wildman–Crippen LogP) is 2.00. The van der Waals surface area contributed by atoms with Crippen LogP contribution in [0.2, 0.25) is 0 Å². The molecule has 7 heteroatoms. The number of nitrogens with one attached hydrogen (secondary N) is 1. The van der Waals surface area contributed by atoms with Gasteiger partial charge in [0.25, 0.3) is 0 Å². The Morgan fingerprint density at radius 3 is 3.08 bits per heavy atom. The zero-order valence-electron chi connectivity index (χ0n) is 13.4. The van der Waals surface area contributed by atoms with Crippen molar-refractivity contribution >= 4 is 16.8 Å². The lowest BCUT2D eigenvalue weighted by Crippen LogP contribution is -2.44. The number of aryl methyl sites for hydroxylation is 1. The Kier molecular flexibility index (Phi) is 3.78. The van der Waals surface area contributed by atoms with Crippen molar-refractivity contribution in [2.45, 2.75) is 19.4 Å². The van der Waals surface area contributed by atoms with Gasteiger partial charge in [0, 0.05) is 30.6 Å². The molecule has 1 fully saturated rings. The second kappa shape index (κ2) is 6.09. The van der Waals surface area contributed by atoms with Crippen LogP contribution in [0.4, 0.5) is 0 Å². The summed E-state index contributed by atoms with van der Waals surface area (Å²) in [4.78, 5) is 17.8. The van der Waals surface area contributed by atoms with Gasteiger partial charge in [0.2, 0.25) is 17.7 Å². The SMILES string of the molecule is Cc1nnc(C2COCCN2C(=O)Cc2c[nH]c3ccccc23)o1. The molecule has 1 unspecified atom stereocenters. The number of carbonyl (C=O) groups is 1. The Morgan fingerprint density at radius 1 is 1.38 bits per heavy atom. The molecule has 1 aliphatic heterocycles. The van der Waals surface area contributed by atoms with Crippen LogP contribution in [-0.4, -0.2) is 45.7 Å². The number of carbonyl (C=O) groups excluding carboxylic acids is 1. The summed E-state index contributed by atoms with van der Waals surface area (Å²) < 4.78 is 11.0. The van der Waals surface area contributed by atoms with E-state index in [2.05, 4.69) is 15.2 Å². The first-order valence-electron chi connectivity index (χ1n) is 7.94. The van der Waals surface area contributed by atoms with Crippen LogP contribution in [0.15, 0.2) is 34.9 Å². The van der Waals surface area contributed by atoms with Gasteiger partial charge < -0.3 is 19.0 Å². The Labute approximate surface area is 138 Å². The maximum Gasteiger partial charge on any atom is 0.241 e. The minimum Gasteiger partial charge on any atom is -0.423 e. The van der Waals surface area contributed by atoms with Crippen LogP contribution in [-0.2, 0) is 16.0 Å². The quantitative estimate of drug-likeness (QED) is 0.796. The van der Waals surface area contributed by atoms with E-state index >= 15 is 0 Å². The molecule has 2 aromatic heterocycles. The molecule has 1 amide bonds. The van der Waals surface area contributed by atoms with Crippen LogP contribution >= 0.6 is 0 Å². The number of ether oxygens (including phenoxy) is 1. The molecule has 1 atom stereocenters. The number of amides is 1. The van der Waals surface area contributed by atoms with Gasteiger partial charge in [-0.2, -0.15) is 0 Å². The van der Waals surface area contributed by atoms with Gasteiger partial charge in [0.1, 0.15) is 6.04 Å². The molecule has 0 bridgehead atoms. The van der Waals surface area contributed by atoms with Crippen molar-refractivity contribution in [1.29, 1.82) is 0 Å². The number of nitrogens with zero attached hydrogens (tertiary/aromatic N) is 3. The number of aromatic amines is 1. The maximum atomic E-state index is 12.9. The first-order valence-corrected chi connectivity index (χ1v) is 7.94. The maximum absolute atomic E-state index is 12.9. The number of hydrogen-bond acceptors (Lipinski definition) is 5. The van der Waals surface area contributed by atoms with E-state index in [1.54, 1.807) is 11.8 Å². The van der Waals surface area contributed by atoms with Crippen molar-refractivity contribution in [1.82, 2.24) is 20.1 Å². The summed E-state index contributed by atoms with van der Waals surface area (Å²) in [7, 11) is 0. The molecule has 124 valence electrons. The fourth-order valence-corrected chi connectivity index (χ4v) is 3.10. The average molecular weight is 326 g/mol. The van der Waals surface area contributed by atoms with Gasteiger partial charge in [0.05, 0.1) is 19.6 Å². The minimum absolute atomic E-state index is 0.0314. The third-order valence-electron chi connectivity index (χ3n) is 4.29. The minimum atomic E-state index is -0.322. The topological polar surface area (TPSA) is 84.3 Å². The van der Waals surface area contributed by atoms with Gasteiger partial charge in [0.15, 0.2) is 0 Å². The lowest BCUT2D eigenvalue weighted by atomic mass is 10.1. The van der Waals surface area contributed by atoms with Gasteiger partial charge in [-0.3, -0.25) is 4.79 Å².